The maximum Gasteiger partial charge on any atom is 0.0720 e. The Morgan fingerprint density at radius 3 is 2.47 bits per heavy atom. The molecular weight excluding hydrogens is 208 g/mol. The van der Waals surface area contributed by atoms with Crippen LogP contribution in [0.3, 0.4) is 0 Å². The smallest absolute Gasteiger partial charge is 0.0720 e. The number of hydrogen-bond donors (Lipinski definition) is 1. The van der Waals surface area contributed by atoms with Crippen molar-refractivity contribution in [2.45, 2.75) is 51.6 Å². The van der Waals surface area contributed by atoms with Gasteiger partial charge < -0.3 is 5.11 Å². The van der Waals surface area contributed by atoms with Gasteiger partial charge in [0.15, 0.2) is 0 Å². The fourth-order valence-corrected chi connectivity index (χ4v) is 2.00. The van der Waals surface area contributed by atoms with Gasteiger partial charge in [-0.15, -0.1) is 0 Å². The SMILES string of the molecule is CC=C[C@@H](O)CCCCCCc1ccccc1. The summed E-state index contributed by atoms with van der Waals surface area (Å²) in [6, 6.07) is 10.6. The van der Waals surface area contributed by atoms with E-state index in [1.807, 2.05) is 19.1 Å². The van der Waals surface area contributed by atoms with Crippen LogP contribution >= 0.6 is 0 Å². The maximum absolute atomic E-state index is 9.50. The molecule has 0 aliphatic heterocycles. The molecule has 0 amide bonds. The van der Waals surface area contributed by atoms with E-state index >= 15 is 0 Å². The summed E-state index contributed by atoms with van der Waals surface area (Å²) in [6.45, 7) is 1.95. The highest BCUT2D eigenvalue weighted by atomic mass is 16.3. The predicted molar refractivity (Wildman–Crippen MR) is 74.1 cm³/mol. The molecule has 1 heteroatoms. The van der Waals surface area contributed by atoms with Crippen molar-refractivity contribution < 1.29 is 5.11 Å². The summed E-state index contributed by atoms with van der Waals surface area (Å²) < 4.78 is 0. The van der Waals surface area contributed by atoms with Gasteiger partial charge in [0, 0.05) is 0 Å². The van der Waals surface area contributed by atoms with Gasteiger partial charge in [-0.3, -0.25) is 0 Å². The third kappa shape index (κ3) is 6.96. The molecule has 1 rings (SSSR count). The minimum absolute atomic E-state index is 0.242. The average Bonchev–Trinajstić information content (AvgIpc) is 2.35. The molecule has 0 heterocycles. The number of aliphatic hydroxyl groups excluding tert-OH is 1. The van der Waals surface area contributed by atoms with Gasteiger partial charge in [0.25, 0.3) is 0 Å². The lowest BCUT2D eigenvalue weighted by atomic mass is 10.0. The number of hydrogen-bond acceptors (Lipinski definition) is 1. The summed E-state index contributed by atoms with van der Waals surface area (Å²) in [5, 5.41) is 9.50. The minimum Gasteiger partial charge on any atom is -0.389 e. The van der Waals surface area contributed by atoms with Crippen LogP contribution in [0.25, 0.3) is 0 Å². The Hall–Kier alpha value is -1.08. The first kappa shape index (κ1) is 14.0. The Labute approximate surface area is 105 Å². The first-order chi connectivity index (χ1) is 8.33. The third-order valence-corrected chi connectivity index (χ3v) is 2.97. The van der Waals surface area contributed by atoms with Crippen LogP contribution in [0.5, 0.6) is 0 Å². The van der Waals surface area contributed by atoms with E-state index < -0.39 is 0 Å². The van der Waals surface area contributed by atoms with E-state index in [0.29, 0.717) is 0 Å². The minimum atomic E-state index is -0.242. The number of unbranched alkanes of at least 4 members (excludes halogenated alkanes) is 3. The quantitative estimate of drug-likeness (QED) is 0.528. The summed E-state index contributed by atoms with van der Waals surface area (Å²) in [5.41, 5.74) is 1.43. The van der Waals surface area contributed by atoms with Crippen LogP contribution in [0.2, 0.25) is 0 Å². The largest absolute Gasteiger partial charge is 0.389 e. The van der Waals surface area contributed by atoms with Crippen molar-refractivity contribution in [1.29, 1.82) is 0 Å². The Morgan fingerprint density at radius 2 is 1.76 bits per heavy atom. The summed E-state index contributed by atoms with van der Waals surface area (Å²) >= 11 is 0. The summed E-state index contributed by atoms with van der Waals surface area (Å²) in [4.78, 5) is 0. The van der Waals surface area contributed by atoms with Crippen molar-refractivity contribution in [1.82, 2.24) is 0 Å². The van der Waals surface area contributed by atoms with E-state index in [9.17, 15) is 5.11 Å². The lowest BCUT2D eigenvalue weighted by Crippen LogP contribution is -2.01. The highest BCUT2D eigenvalue weighted by molar-refractivity contribution is 5.14. The van der Waals surface area contributed by atoms with E-state index in [1.54, 1.807) is 0 Å². The van der Waals surface area contributed by atoms with Crippen LogP contribution in [0.15, 0.2) is 42.5 Å². The third-order valence-electron chi connectivity index (χ3n) is 2.97. The highest BCUT2D eigenvalue weighted by Gasteiger charge is 1.98. The summed E-state index contributed by atoms with van der Waals surface area (Å²) in [5.74, 6) is 0. The molecule has 1 atom stereocenters. The van der Waals surface area contributed by atoms with Gasteiger partial charge in [-0.2, -0.15) is 0 Å². The molecule has 0 fully saturated rings. The second-order valence-corrected chi connectivity index (χ2v) is 4.53. The van der Waals surface area contributed by atoms with Crippen LogP contribution in [0, 0.1) is 0 Å². The molecule has 17 heavy (non-hydrogen) atoms. The number of benzene rings is 1. The second-order valence-electron chi connectivity index (χ2n) is 4.53. The van der Waals surface area contributed by atoms with Crippen molar-refractivity contribution in [2.24, 2.45) is 0 Å². The van der Waals surface area contributed by atoms with Crippen molar-refractivity contribution in [3.63, 3.8) is 0 Å². The zero-order chi connectivity index (χ0) is 12.3. The second kappa shape index (κ2) is 9.00. The zero-order valence-electron chi connectivity index (χ0n) is 10.8. The lowest BCUT2D eigenvalue weighted by Gasteiger charge is -2.05. The molecule has 0 aromatic heterocycles. The van der Waals surface area contributed by atoms with Crippen LogP contribution < -0.4 is 0 Å². The first-order valence-corrected chi connectivity index (χ1v) is 6.67. The van der Waals surface area contributed by atoms with Crippen LogP contribution in [-0.2, 0) is 6.42 Å². The van der Waals surface area contributed by atoms with Gasteiger partial charge in [-0.25, -0.2) is 0 Å². The topological polar surface area (TPSA) is 20.2 Å². The van der Waals surface area contributed by atoms with E-state index in [0.717, 1.165) is 12.8 Å². The van der Waals surface area contributed by atoms with Crippen molar-refractivity contribution in [3.05, 3.63) is 48.0 Å². The maximum atomic E-state index is 9.50. The number of aryl methyl sites for hydroxylation is 1. The number of rotatable bonds is 8. The Bertz CT molecular complexity index is 303. The normalized spacial score (nSPS) is 13.1. The number of aliphatic hydroxyl groups is 1. The van der Waals surface area contributed by atoms with E-state index in [-0.39, 0.29) is 6.10 Å². The van der Waals surface area contributed by atoms with E-state index in [4.69, 9.17) is 0 Å². The zero-order valence-corrected chi connectivity index (χ0v) is 10.8. The molecule has 1 aromatic carbocycles. The average molecular weight is 232 g/mol. The molecule has 0 spiro atoms. The molecule has 0 aliphatic rings. The van der Waals surface area contributed by atoms with Crippen molar-refractivity contribution in [3.8, 4) is 0 Å². The van der Waals surface area contributed by atoms with Crippen LogP contribution in [0.4, 0.5) is 0 Å². The summed E-state index contributed by atoms with van der Waals surface area (Å²) in [6.07, 6.45) is 10.5. The van der Waals surface area contributed by atoms with Gasteiger partial charge in [0.1, 0.15) is 0 Å². The van der Waals surface area contributed by atoms with Crippen LogP contribution in [-0.4, -0.2) is 11.2 Å². The van der Waals surface area contributed by atoms with Gasteiger partial charge >= 0.3 is 0 Å². The Morgan fingerprint density at radius 1 is 1.06 bits per heavy atom. The van der Waals surface area contributed by atoms with Crippen molar-refractivity contribution >= 4 is 0 Å². The summed E-state index contributed by atoms with van der Waals surface area (Å²) in [7, 11) is 0. The van der Waals surface area contributed by atoms with Gasteiger partial charge in [-0.05, 0) is 31.7 Å². The molecule has 0 unspecified atom stereocenters. The molecule has 1 nitrogen and oxygen atoms in total. The fourth-order valence-electron chi connectivity index (χ4n) is 2.00. The van der Waals surface area contributed by atoms with Gasteiger partial charge in [0.05, 0.1) is 6.10 Å². The number of allylic oxidation sites excluding steroid dienone is 1. The highest BCUT2D eigenvalue weighted by Crippen LogP contribution is 2.10. The van der Waals surface area contributed by atoms with Gasteiger partial charge in [-0.1, -0.05) is 61.7 Å². The van der Waals surface area contributed by atoms with E-state index in [1.165, 1.54) is 31.2 Å². The molecule has 94 valence electrons. The molecule has 0 bridgehead atoms. The Balaban J connectivity index is 1.98. The molecule has 1 aromatic rings. The predicted octanol–water partition coefficient (Wildman–Crippen LogP) is 4.12. The van der Waals surface area contributed by atoms with Gasteiger partial charge in [0.2, 0.25) is 0 Å². The fraction of sp³-hybridized carbons (Fsp3) is 0.500. The molecule has 1 N–H and O–H groups in total. The van der Waals surface area contributed by atoms with Crippen molar-refractivity contribution in [2.75, 3.05) is 0 Å². The lowest BCUT2D eigenvalue weighted by molar-refractivity contribution is 0.208. The molecule has 0 aliphatic carbocycles. The monoisotopic (exact) mass is 232 g/mol. The first-order valence-electron chi connectivity index (χ1n) is 6.67. The molecular formula is C16H24O. The standard InChI is InChI=1S/C16H24O/c1-2-10-16(17)14-9-4-3-6-11-15-12-7-5-8-13-15/h2,5,7-8,10,12-13,16-17H,3-4,6,9,11,14H2,1H3/t16-/m1/s1. The molecule has 0 radical (unpaired) electrons. The molecule has 0 saturated heterocycles. The molecule has 0 saturated carbocycles. The van der Waals surface area contributed by atoms with E-state index in [2.05, 4.69) is 30.3 Å². The van der Waals surface area contributed by atoms with Crippen LogP contribution in [0.1, 0.15) is 44.6 Å². The Kier molecular flexibility index (Phi) is 7.40.